The largest absolute Gasteiger partial charge is 0.323 e. The number of hydrogen-bond acceptors (Lipinski definition) is 9. The monoisotopic (exact) mass is 613 g/mol. The molecule has 4 heterocycles. The molecule has 0 aliphatic heterocycles. The van der Waals surface area contributed by atoms with Crippen molar-refractivity contribution in [3.05, 3.63) is 135 Å². The van der Waals surface area contributed by atoms with Gasteiger partial charge in [-0.2, -0.15) is 0 Å². The van der Waals surface area contributed by atoms with Gasteiger partial charge in [0, 0.05) is 47.7 Å². The van der Waals surface area contributed by atoms with E-state index in [0.29, 0.717) is 22.2 Å². The van der Waals surface area contributed by atoms with Crippen LogP contribution in [-0.2, 0) is 16.6 Å². The minimum Gasteiger partial charge on any atom is -0.323 e. The summed E-state index contributed by atoms with van der Waals surface area (Å²) in [7, 11) is -3.98. The summed E-state index contributed by atoms with van der Waals surface area (Å²) in [4.78, 5) is 36.2. The molecule has 0 fully saturated rings. The smallest absolute Gasteiger partial charge is 0.269 e. The van der Waals surface area contributed by atoms with Crippen molar-refractivity contribution in [1.29, 1.82) is 0 Å². The number of fused-ring (bicyclic) bond motifs is 1. The molecule has 0 amide bonds. The molecule has 214 valence electrons. The molecule has 2 aromatic carbocycles. The van der Waals surface area contributed by atoms with E-state index in [1.165, 1.54) is 53.5 Å². The Balaban J connectivity index is 1.35. The summed E-state index contributed by atoms with van der Waals surface area (Å²) < 4.78 is 29.6. The number of benzene rings is 2. The van der Waals surface area contributed by atoms with Gasteiger partial charge in [0.15, 0.2) is 5.65 Å². The van der Waals surface area contributed by atoms with Crippen molar-refractivity contribution in [2.75, 3.05) is 5.32 Å². The molecule has 14 heteroatoms. The third-order valence-electron chi connectivity index (χ3n) is 6.57. The van der Waals surface area contributed by atoms with Gasteiger partial charge in [-0.3, -0.25) is 14.9 Å². The highest BCUT2D eigenvalue weighted by molar-refractivity contribution is 7.90. The third kappa shape index (κ3) is 5.46. The predicted molar refractivity (Wildman–Crippen MR) is 161 cm³/mol. The molecule has 6 rings (SSSR count). The van der Waals surface area contributed by atoms with E-state index in [9.17, 15) is 23.3 Å². The van der Waals surface area contributed by atoms with E-state index in [4.69, 9.17) is 11.6 Å². The molecule has 0 unspecified atom stereocenters. The van der Waals surface area contributed by atoms with Gasteiger partial charge in [-0.05, 0) is 35.9 Å². The second-order valence-electron chi connectivity index (χ2n) is 9.35. The fraction of sp³-hybridized carbons (Fsp3) is 0.0345. The predicted octanol–water partition coefficient (Wildman–Crippen LogP) is 5.25. The molecule has 0 saturated carbocycles. The molecule has 12 nitrogen and oxygen atoms in total. The number of anilines is 2. The van der Waals surface area contributed by atoms with Crippen LogP contribution in [0.4, 0.5) is 17.3 Å². The van der Waals surface area contributed by atoms with Crippen molar-refractivity contribution >= 4 is 50.0 Å². The molecule has 0 aliphatic rings. The Morgan fingerprint density at radius 3 is 2.44 bits per heavy atom. The molecule has 0 saturated heterocycles. The zero-order chi connectivity index (χ0) is 30.1. The maximum atomic E-state index is 13.5. The number of nitro groups is 1. The van der Waals surface area contributed by atoms with E-state index in [0.717, 1.165) is 3.97 Å². The summed E-state index contributed by atoms with van der Waals surface area (Å²) in [5.41, 5.74) is 1.79. The average molecular weight is 614 g/mol. The van der Waals surface area contributed by atoms with Crippen LogP contribution in [0.1, 0.15) is 5.56 Å². The van der Waals surface area contributed by atoms with Gasteiger partial charge in [-0.15, -0.1) is 0 Å². The van der Waals surface area contributed by atoms with Crippen LogP contribution in [-0.4, -0.2) is 36.8 Å². The topological polar surface area (TPSA) is 155 Å². The Morgan fingerprint density at radius 2 is 1.70 bits per heavy atom. The molecule has 0 bridgehead atoms. The highest BCUT2D eigenvalue weighted by Gasteiger charge is 2.24. The van der Waals surface area contributed by atoms with E-state index in [1.54, 1.807) is 54.7 Å². The van der Waals surface area contributed by atoms with E-state index in [-0.39, 0.29) is 45.0 Å². The minimum absolute atomic E-state index is 0.0428. The molecule has 43 heavy (non-hydrogen) atoms. The van der Waals surface area contributed by atoms with Crippen LogP contribution >= 0.6 is 11.6 Å². The van der Waals surface area contributed by atoms with E-state index in [1.807, 2.05) is 0 Å². The van der Waals surface area contributed by atoms with Crippen LogP contribution in [0.25, 0.3) is 22.3 Å². The van der Waals surface area contributed by atoms with E-state index < -0.39 is 14.9 Å². The number of nitrogens with zero attached hydrogens (tertiary/aromatic N) is 6. The summed E-state index contributed by atoms with van der Waals surface area (Å²) in [5.74, 6) is 0.149. The van der Waals surface area contributed by atoms with Gasteiger partial charge in [0.1, 0.15) is 0 Å². The van der Waals surface area contributed by atoms with Gasteiger partial charge in [-0.25, -0.2) is 27.3 Å². The van der Waals surface area contributed by atoms with Gasteiger partial charge >= 0.3 is 0 Å². The molecule has 6 aromatic rings. The standard InChI is InChI=1S/C29H20ClN7O5S/c30-25-15-32-29(33-20-10-13-26(38)35(17-20)16-19-8-11-21(12-9-19)37(39)40)34-27(25)24-18-36(28-23(24)7-4-14-31-28)43(41,42)22-5-2-1-3-6-22/h1-15,17-18H,16H2,(H,32,33,34). The Morgan fingerprint density at radius 1 is 0.930 bits per heavy atom. The van der Waals surface area contributed by atoms with Gasteiger partial charge in [0.05, 0.1) is 39.0 Å². The normalized spacial score (nSPS) is 11.5. The maximum Gasteiger partial charge on any atom is 0.269 e. The van der Waals surface area contributed by atoms with Crippen molar-refractivity contribution < 1.29 is 13.3 Å². The van der Waals surface area contributed by atoms with Gasteiger partial charge in [0.25, 0.3) is 21.3 Å². The van der Waals surface area contributed by atoms with Crippen LogP contribution in [0.2, 0.25) is 5.02 Å². The summed E-state index contributed by atoms with van der Waals surface area (Å²) in [6.07, 6.45) is 5.90. The zero-order valence-corrected chi connectivity index (χ0v) is 23.6. The first-order valence-corrected chi connectivity index (χ1v) is 14.5. The highest BCUT2D eigenvalue weighted by Crippen LogP contribution is 2.35. The molecule has 1 N–H and O–H groups in total. The zero-order valence-electron chi connectivity index (χ0n) is 22.0. The quantitative estimate of drug-likeness (QED) is 0.179. The van der Waals surface area contributed by atoms with Gasteiger partial charge < -0.3 is 9.88 Å². The highest BCUT2D eigenvalue weighted by atomic mass is 35.5. The van der Waals surface area contributed by atoms with Crippen molar-refractivity contribution in [2.45, 2.75) is 11.4 Å². The maximum absolute atomic E-state index is 13.5. The first kappa shape index (κ1) is 27.8. The molecule has 4 aromatic heterocycles. The summed E-state index contributed by atoms with van der Waals surface area (Å²) in [5, 5.41) is 14.7. The minimum atomic E-state index is -3.98. The molecular formula is C29H20ClN7O5S. The van der Waals surface area contributed by atoms with Crippen LogP contribution in [0.5, 0.6) is 0 Å². The van der Waals surface area contributed by atoms with Crippen LogP contribution in [0.3, 0.4) is 0 Å². The van der Waals surface area contributed by atoms with Crippen LogP contribution in [0.15, 0.2) is 113 Å². The Hall–Kier alpha value is -5.40. The Bertz CT molecular complexity index is 2170. The first-order chi connectivity index (χ1) is 20.7. The van der Waals surface area contributed by atoms with E-state index in [2.05, 4.69) is 20.3 Å². The fourth-order valence-electron chi connectivity index (χ4n) is 4.50. The number of pyridine rings is 2. The van der Waals surface area contributed by atoms with Crippen LogP contribution in [0, 0.1) is 10.1 Å². The van der Waals surface area contributed by atoms with Crippen molar-refractivity contribution in [2.24, 2.45) is 0 Å². The SMILES string of the molecule is O=c1ccc(Nc2ncc(Cl)c(-c3cn(S(=O)(=O)c4ccccc4)c4ncccc34)n2)cn1Cc1ccc([N+](=O)[O-])cc1. The van der Waals surface area contributed by atoms with Gasteiger partial charge in [0.2, 0.25) is 5.95 Å². The van der Waals surface area contributed by atoms with Crippen molar-refractivity contribution in [3.8, 4) is 11.3 Å². The van der Waals surface area contributed by atoms with Crippen molar-refractivity contribution in [1.82, 2.24) is 23.5 Å². The van der Waals surface area contributed by atoms with E-state index >= 15 is 0 Å². The lowest BCUT2D eigenvalue weighted by atomic mass is 10.1. The molecule has 0 radical (unpaired) electrons. The lowest BCUT2D eigenvalue weighted by molar-refractivity contribution is -0.384. The summed E-state index contributed by atoms with van der Waals surface area (Å²) in [6.45, 7) is 0.182. The fourth-order valence-corrected chi connectivity index (χ4v) is 6.04. The average Bonchev–Trinajstić information content (AvgIpc) is 3.41. The summed E-state index contributed by atoms with van der Waals surface area (Å²) >= 11 is 6.52. The molecular weight excluding hydrogens is 594 g/mol. The van der Waals surface area contributed by atoms with Crippen LogP contribution < -0.4 is 10.9 Å². The molecule has 0 aliphatic carbocycles. The number of halogens is 1. The number of rotatable bonds is 8. The van der Waals surface area contributed by atoms with Gasteiger partial charge in [-0.1, -0.05) is 41.9 Å². The number of hydrogen-bond donors (Lipinski definition) is 1. The summed E-state index contributed by atoms with van der Waals surface area (Å²) in [6, 6.07) is 20.3. The molecule has 0 atom stereocenters. The lowest BCUT2D eigenvalue weighted by Gasteiger charge is -2.11. The third-order valence-corrected chi connectivity index (χ3v) is 8.51. The number of nitrogens with one attached hydrogen (secondary N) is 1. The number of non-ortho nitro benzene ring substituents is 1. The Labute approximate surface area is 249 Å². The second kappa shape index (κ2) is 11.1. The first-order valence-electron chi connectivity index (χ1n) is 12.7. The Kier molecular flexibility index (Phi) is 7.17. The van der Waals surface area contributed by atoms with Crippen molar-refractivity contribution in [3.63, 3.8) is 0 Å². The number of nitro benzene ring substituents is 1. The lowest BCUT2D eigenvalue weighted by Crippen LogP contribution is -2.19. The molecule has 0 spiro atoms. The number of aromatic nitrogens is 5. The second-order valence-corrected chi connectivity index (χ2v) is 11.6.